The van der Waals surface area contributed by atoms with E-state index in [4.69, 9.17) is 9.97 Å². The summed E-state index contributed by atoms with van der Waals surface area (Å²) in [6.07, 6.45) is 0. The number of pyridine rings is 2. The molecule has 0 unspecified atom stereocenters. The fourth-order valence-electron chi connectivity index (χ4n) is 9.72. The molecule has 55 heavy (non-hydrogen) atoms. The minimum absolute atomic E-state index is 0.416. The molecule has 0 fully saturated rings. The van der Waals surface area contributed by atoms with Crippen molar-refractivity contribution >= 4 is 32.6 Å². The van der Waals surface area contributed by atoms with Crippen LogP contribution in [0.3, 0.4) is 0 Å². The molecule has 8 aromatic carbocycles. The second-order valence-electron chi connectivity index (χ2n) is 14.8. The lowest BCUT2D eigenvalue weighted by molar-refractivity contribution is 0.801. The third-order valence-electron chi connectivity index (χ3n) is 12.1. The molecule has 2 nitrogen and oxygen atoms in total. The van der Waals surface area contributed by atoms with Crippen molar-refractivity contribution in [1.29, 1.82) is 0 Å². The lowest BCUT2D eigenvalue weighted by Gasteiger charge is -2.31. The van der Waals surface area contributed by atoms with Crippen molar-refractivity contribution in [3.05, 3.63) is 216 Å². The molecule has 0 aliphatic heterocycles. The van der Waals surface area contributed by atoms with Crippen molar-refractivity contribution in [1.82, 2.24) is 9.97 Å². The van der Waals surface area contributed by atoms with Gasteiger partial charge in [0.15, 0.2) is 0 Å². The van der Waals surface area contributed by atoms with E-state index >= 15 is 0 Å². The Balaban J connectivity index is 1.05. The van der Waals surface area contributed by atoms with E-state index in [-0.39, 0.29) is 0 Å². The lowest BCUT2D eigenvalue weighted by Crippen LogP contribution is -2.26. The monoisotopic (exact) mass is 696 g/mol. The summed E-state index contributed by atoms with van der Waals surface area (Å²) in [6, 6.07) is 70.8. The van der Waals surface area contributed by atoms with Crippen LogP contribution in [0.2, 0.25) is 0 Å². The van der Waals surface area contributed by atoms with Gasteiger partial charge in [0.2, 0.25) is 0 Å². The summed E-state index contributed by atoms with van der Waals surface area (Å²) in [6.45, 7) is 0. The van der Waals surface area contributed by atoms with Crippen molar-refractivity contribution in [2.24, 2.45) is 0 Å². The summed E-state index contributed by atoms with van der Waals surface area (Å²) in [7, 11) is 0. The lowest BCUT2D eigenvalue weighted by atomic mass is 9.69. The quantitative estimate of drug-likeness (QED) is 0.172. The van der Waals surface area contributed by atoms with Gasteiger partial charge in [0.25, 0.3) is 0 Å². The summed E-state index contributed by atoms with van der Waals surface area (Å²) in [4.78, 5) is 10.4. The average Bonchev–Trinajstić information content (AvgIpc) is 3.74. The highest BCUT2D eigenvalue weighted by Crippen LogP contribution is 2.65. The minimum Gasteiger partial charge on any atom is -0.245 e. The third-order valence-corrected chi connectivity index (χ3v) is 12.1. The van der Waals surface area contributed by atoms with E-state index in [1.807, 2.05) is 6.07 Å². The molecule has 10 aromatic rings. The number of nitrogens with zero attached hydrogens (tertiary/aromatic N) is 2. The predicted molar refractivity (Wildman–Crippen MR) is 227 cm³/mol. The minimum atomic E-state index is -0.416. The van der Waals surface area contributed by atoms with Crippen LogP contribution >= 0.6 is 0 Å². The van der Waals surface area contributed by atoms with Crippen molar-refractivity contribution < 1.29 is 0 Å². The van der Waals surface area contributed by atoms with Gasteiger partial charge in [-0.3, -0.25) is 0 Å². The molecule has 2 heteroatoms. The van der Waals surface area contributed by atoms with Crippen molar-refractivity contribution in [2.45, 2.75) is 5.41 Å². The number of benzene rings is 8. The fraction of sp³-hybridized carbons (Fsp3) is 0.0189. The van der Waals surface area contributed by atoms with Gasteiger partial charge in [0.1, 0.15) is 0 Å². The summed E-state index contributed by atoms with van der Waals surface area (Å²) in [5.41, 5.74) is 18.7. The molecule has 2 aliphatic carbocycles. The Hall–Kier alpha value is -7.16. The zero-order valence-corrected chi connectivity index (χ0v) is 29.9. The molecule has 0 bridgehead atoms. The van der Waals surface area contributed by atoms with E-state index in [2.05, 4.69) is 188 Å². The van der Waals surface area contributed by atoms with Crippen molar-refractivity contribution in [3.63, 3.8) is 0 Å². The van der Waals surface area contributed by atoms with Crippen molar-refractivity contribution in [2.75, 3.05) is 0 Å². The van der Waals surface area contributed by atoms with Gasteiger partial charge < -0.3 is 0 Å². The summed E-state index contributed by atoms with van der Waals surface area (Å²) >= 11 is 0. The van der Waals surface area contributed by atoms with Gasteiger partial charge >= 0.3 is 0 Å². The van der Waals surface area contributed by atoms with Gasteiger partial charge in [-0.1, -0.05) is 176 Å². The Morgan fingerprint density at radius 2 is 0.800 bits per heavy atom. The standard InChI is InChI=1S/C53H32N2/c1-2-12-34(13-3-1)47-30-28-36-26-27-37-29-31-48(55-52(37)51(36)54-47)35-24-22-33(23-25-35)43-32-38-14-4-5-15-39(38)50-49(43)42-18-8-11-21-46(42)53(50)44-19-9-6-16-40(44)41-17-7-10-20-45(41)53/h1-32H. The molecule has 0 N–H and O–H groups in total. The Morgan fingerprint density at radius 3 is 1.44 bits per heavy atom. The number of hydrogen-bond acceptors (Lipinski definition) is 2. The van der Waals surface area contributed by atoms with Crippen LogP contribution in [0.25, 0.3) is 88.5 Å². The molecule has 2 aromatic heterocycles. The zero-order chi connectivity index (χ0) is 36.1. The van der Waals surface area contributed by atoms with Crippen LogP contribution in [0.5, 0.6) is 0 Å². The second-order valence-corrected chi connectivity index (χ2v) is 14.8. The Morgan fingerprint density at radius 1 is 0.327 bits per heavy atom. The highest BCUT2D eigenvalue weighted by atomic mass is 14.8. The Bertz CT molecular complexity index is 3150. The molecule has 0 amide bonds. The van der Waals surface area contributed by atoms with Crippen LogP contribution < -0.4 is 0 Å². The zero-order valence-electron chi connectivity index (χ0n) is 29.9. The van der Waals surface area contributed by atoms with Gasteiger partial charge in [-0.25, -0.2) is 9.97 Å². The maximum atomic E-state index is 5.27. The average molecular weight is 697 g/mol. The molecule has 2 heterocycles. The first kappa shape index (κ1) is 30.3. The second kappa shape index (κ2) is 11.4. The normalized spacial score (nSPS) is 13.2. The summed E-state index contributed by atoms with van der Waals surface area (Å²) in [5, 5.41) is 4.72. The van der Waals surface area contributed by atoms with Crippen molar-refractivity contribution in [3.8, 4) is 55.9 Å². The van der Waals surface area contributed by atoms with E-state index < -0.39 is 5.41 Å². The number of fused-ring (bicyclic) bond motifs is 15. The van der Waals surface area contributed by atoms with Crippen LogP contribution in [-0.4, -0.2) is 9.97 Å². The first-order chi connectivity index (χ1) is 27.3. The molecule has 0 saturated heterocycles. The molecule has 0 saturated carbocycles. The van der Waals surface area contributed by atoms with Gasteiger partial charge in [-0.05, 0) is 84.6 Å². The third kappa shape index (κ3) is 4.19. The molecule has 1 spiro atoms. The van der Waals surface area contributed by atoms with Gasteiger partial charge in [-0.2, -0.15) is 0 Å². The Kier molecular flexibility index (Phi) is 6.29. The van der Waals surface area contributed by atoms with Crippen LogP contribution in [0.4, 0.5) is 0 Å². The summed E-state index contributed by atoms with van der Waals surface area (Å²) in [5.74, 6) is 0. The number of rotatable bonds is 3. The van der Waals surface area contributed by atoms with Crippen LogP contribution in [-0.2, 0) is 5.41 Å². The maximum Gasteiger partial charge on any atom is 0.0972 e. The highest BCUT2D eigenvalue weighted by Gasteiger charge is 2.52. The molecular weight excluding hydrogens is 665 g/mol. The first-order valence-corrected chi connectivity index (χ1v) is 19.0. The fourth-order valence-corrected chi connectivity index (χ4v) is 9.72. The largest absolute Gasteiger partial charge is 0.245 e. The maximum absolute atomic E-state index is 5.27. The Labute approximate surface area is 319 Å². The van der Waals surface area contributed by atoms with Gasteiger partial charge in [0.05, 0.1) is 27.8 Å². The topological polar surface area (TPSA) is 25.8 Å². The highest BCUT2D eigenvalue weighted by molar-refractivity contribution is 6.09. The number of hydrogen-bond donors (Lipinski definition) is 0. The van der Waals surface area contributed by atoms with E-state index in [0.29, 0.717) is 0 Å². The van der Waals surface area contributed by atoms with Crippen LogP contribution in [0, 0.1) is 0 Å². The SMILES string of the molecule is c1ccc(-c2ccc3ccc4ccc(-c5ccc(-c6cc7ccccc7c7c6-c6ccccc6C76c7ccccc7-c7ccccc76)cc5)nc4c3n2)cc1. The predicted octanol–water partition coefficient (Wildman–Crippen LogP) is 13.3. The van der Waals surface area contributed by atoms with E-state index in [9.17, 15) is 0 Å². The van der Waals surface area contributed by atoms with E-state index in [1.54, 1.807) is 0 Å². The van der Waals surface area contributed by atoms with E-state index in [0.717, 1.165) is 44.3 Å². The van der Waals surface area contributed by atoms with E-state index in [1.165, 1.54) is 66.4 Å². The molecule has 2 aliphatic rings. The molecule has 0 radical (unpaired) electrons. The first-order valence-electron chi connectivity index (χ1n) is 19.0. The molecule has 12 rings (SSSR count). The molecular formula is C53H32N2. The van der Waals surface area contributed by atoms with Gasteiger partial charge in [0, 0.05) is 21.9 Å². The summed E-state index contributed by atoms with van der Waals surface area (Å²) < 4.78 is 0. The smallest absolute Gasteiger partial charge is 0.0972 e. The van der Waals surface area contributed by atoms with Crippen LogP contribution in [0.15, 0.2) is 194 Å². The van der Waals surface area contributed by atoms with Gasteiger partial charge in [-0.15, -0.1) is 0 Å². The molecule has 254 valence electrons. The van der Waals surface area contributed by atoms with Crippen LogP contribution in [0.1, 0.15) is 22.3 Å². The number of aromatic nitrogens is 2. The molecule has 0 atom stereocenters.